The Bertz CT molecular complexity index is 693. The molecule has 0 bridgehead atoms. The van der Waals surface area contributed by atoms with Gasteiger partial charge in [0.15, 0.2) is 0 Å². The summed E-state index contributed by atoms with van der Waals surface area (Å²) in [6.07, 6.45) is 0.805. The molecule has 0 unspecified atom stereocenters. The summed E-state index contributed by atoms with van der Waals surface area (Å²) in [4.78, 5) is 12.3. The fourth-order valence-corrected chi connectivity index (χ4v) is 2.72. The second-order valence-electron chi connectivity index (χ2n) is 4.88. The standard InChI is InChI=1S/C14H14ClFN4O/c1-20-13(8-7-17-6-5-11(8)19-20)18-14(21)12-9(15)3-2-4-10(12)16/h2-4,17H,5-7H2,1H3,(H,18,21). The number of carbonyl (C=O) groups excluding carboxylic acids is 1. The van der Waals surface area contributed by atoms with Gasteiger partial charge in [-0.15, -0.1) is 0 Å². The molecule has 110 valence electrons. The van der Waals surface area contributed by atoms with E-state index in [1.54, 1.807) is 11.7 Å². The summed E-state index contributed by atoms with van der Waals surface area (Å²) < 4.78 is 15.4. The van der Waals surface area contributed by atoms with Crippen LogP contribution < -0.4 is 10.6 Å². The molecule has 0 spiro atoms. The van der Waals surface area contributed by atoms with Gasteiger partial charge >= 0.3 is 0 Å². The normalized spacial score (nSPS) is 13.9. The molecule has 0 aliphatic carbocycles. The topological polar surface area (TPSA) is 59.0 Å². The molecule has 2 N–H and O–H groups in total. The van der Waals surface area contributed by atoms with E-state index < -0.39 is 11.7 Å². The molecule has 5 nitrogen and oxygen atoms in total. The lowest BCUT2D eigenvalue weighted by molar-refractivity contribution is 0.102. The highest BCUT2D eigenvalue weighted by molar-refractivity contribution is 6.34. The second kappa shape index (κ2) is 5.46. The third-order valence-electron chi connectivity index (χ3n) is 3.49. The molecule has 21 heavy (non-hydrogen) atoms. The summed E-state index contributed by atoms with van der Waals surface area (Å²) in [5.41, 5.74) is 1.73. The van der Waals surface area contributed by atoms with Crippen molar-refractivity contribution in [1.82, 2.24) is 15.1 Å². The van der Waals surface area contributed by atoms with Crippen molar-refractivity contribution in [2.75, 3.05) is 11.9 Å². The zero-order valence-corrected chi connectivity index (χ0v) is 12.2. The van der Waals surface area contributed by atoms with Crippen LogP contribution in [0.1, 0.15) is 21.6 Å². The number of carbonyl (C=O) groups is 1. The first-order valence-corrected chi connectivity index (χ1v) is 6.96. The second-order valence-corrected chi connectivity index (χ2v) is 5.28. The number of amides is 1. The number of hydrogen-bond acceptors (Lipinski definition) is 3. The Morgan fingerprint density at radius 2 is 2.33 bits per heavy atom. The van der Waals surface area contributed by atoms with E-state index in [0.29, 0.717) is 12.4 Å². The molecule has 1 aliphatic rings. The van der Waals surface area contributed by atoms with Gasteiger partial charge in [0.25, 0.3) is 5.91 Å². The lowest BCUT2D eigenvalue weighted by Crippen LogP contribution is -2.24. The van der Waals surface area contributed by atoms with E-state index in [4.69, 9.17) is 11.6 Å². The van der Waals surface area contributed by atoms with Gasteiger partial charge in [0.1, 0.15) is 11.6 Å². The number of halogens is 2. The Labute approximate surface area is 126 Å². The van der Waals surface area contributed by atoms with E-state index in [-0.39, 0.29) is 10.6 Å². The van der Waals surface area contributed by atoms with E-state index in [9.17, 15) is 9.18 Å². The molecule has 3 rings (SSSR count). The van der Waals surface area contributed by atoms with E-state index in [1.165, 1.54) is 18.2 Å². The van der Waals surface area contributed by atoms with Crippen LogP contribution in [-0.2, 0) is 20.0 Å². The Balaban J connectivity index is 1.94. The van der Waals surface area contributed by atoms with Gasteiger partial charge in [-0.1, -0.05) is 17.7 Å². The maximum absolute atomic E-state index is 13.8. The summed E-state index contributed by atoms with van der Waals surface area (Å²) in [5, 5.41) is 10.4. The van der Waals surface area contributed by atoms with Crippen LogP contribution in [0.15, 0.2) is 18.2 Å². The highest BCUT2D eigenvalue weighted by Crippen LogP contribution is 2.25. The first kappa shape index (κ1) is 14.0. The molecule has 0 saturated carbocycles. The largest absolute Gasteiger partial charge is 0.312 e. The Hall–Kier alpha value is -1.92. The number of nitrogens with one attached hydrogen (secondary N) is 2. The van der Waals surface area contributed by atoms with E-state index in [2.05, 4.69) is 15.7 Å². The number of aromatic nitrogens is 2. The number of hydrogen-bond donors (Lipinski definition) is 2. The van der Waals surface area contributed by atoms with E-state index in [1.807, 2.05) is 0 Å². The van der Waals surface area contributed by atoms with Crippen molar-refractivity contribution in [3.05, 3.63) is 45.9 Å². The van der Waals surface area contributed by atoms with Gasteiger partial charge in [-0.3, -0.25) is 9.48 Å². The smallest absolute Gasteiger partial charge is 0.261 e. The number of fused-ring (bicyclic) bond motifs is 1. The first-order chi connectivity index (χ1) is 10.1. The summed E-state index contributed by atoms with van der Waals surface area (Å²) >= 11 is 5.91. The predicted octanol–water partition coefficient (Wildman–Crippen LogP) is 2.11. The molecule has 1 aromatic carbocycles. The summed E-state index contributed by atoms with van der Waals surface area (Å²) in [6.45, 7) is 1.49. The van der Waals surface area contributed by atoms with Gasteiger partial charge in [0.05, 0.1) is 16.3 Å². The van der Waals surface area contributed by atoms with E-state index in [0.717, 1.165) is 24.2 Å². The van der Waals surface area contributed by atoms with Gasteiger partial charge in [-0.05, 0) is 12.1 Å². The van der Waals surface area contributed by atoms with Crippen molar-refractivity contribution in [1.29, 1.82) is 0 Å². The minimum absolute atomic E-state index is 0.0849. The van der Waals surface area contributed by atoms with Crippen molar-refractivity contribution in [3.63, 3.8) is 0 Å². The molecule has 0 fully saturated rings. The molecular weight excluding hydrogens is 295 g/mol. The van der Waals surface area contributed by atoms with Crippen molar-refractivity contribution in [2.45, 2.75) is 13.0 Å². The number of benzene rings is 1. The number of rotatable bonds is 2. The van der Waals surface area contributed by atoms with Crippen LogP contribution in [0.4, 0.5) is 10.2 Å². The third kappa shape index (κ3) is 2.52. The summed E-state index contributed by atoms with van der Waals surface area (Å²) in [5.74, 6) is -0.648. The molecular formula is C14H14ClFN4O. The van der Waals surface area contributed by atoms with Crippen molar-refractivity contribution in [2.24, 2.45) is 7.05 Å². The molecule has 1 amide bonds. The summed E-state index contributed by atoms with van der Waals surface area (Å²) in [6, 6.07) is 4.16. The Kier molecular flexibility index (Phi) is 3.65. The van der Waals surface area contributed by atoms with Crippen molar-refractivity contribution >= 4 is 23.3 Å². The highest BCUT2D eigenvalue weighted by atomic mass is 35.5. The van der Waals surface area contributed by atoms with Gasteiger partial charge in [-0.25, -0.2) is 4.39 Å². The van der Waals surface area contributed by atoms with Crippen LogP contribution >= 0.6 is 11.6 Å². The Morgan fingerprint density at radius 3 is 3.10 bits per heavy atom. The molecule has 7 heteroatoms. The Morgan fingerprint density at radius 1 is 1.52 bits per heavy atom. The fraction of sp³-hybridized carbons (Fsp3) is 0.286. The molecule has 1 aliphatic heterocycles. The van der Waals surface area contributed by atoms with Crippen LogP contribution in [0.25, 0.3) is 0 Å². The fourth-order valence-electron chi connectivity index (χ4n) is 2.47. The quantitative estimate of drug-likeness (QED) is 0.893. The minimum atomic E-state index is -0.644. The lowest BCUT2D eigenvalue weighted by Gasteiger charge is -2.14. The number of aryl methyl sites for hydroxylation is 1. The van der Waals surface area contributed by atoms with Gasteiger partial charge in [0, 0.05) is 32.1 Å². The van der Waals surface area contributed by atoms with Gasteiger partial charge in [-0.2, -0.15) is 5.10 Å². The molecule has 2 heterocycles. The van der Waals surface area contributed by atoms with Crippen LogP contribution in [-0.4, -0.2) is 22.2 Å². The molecule has 2 aromatic rings. The third-order valence-corrected chi connectivity index (χ3v) is 3.81. The molecule has 0 saturated heterocycles. The SMILES string of the molecule is Cn1nc2c(c1NC(=O)c1c(F)cccc1Cl)CNCC2. The zero-order chi connectivity index (χ0) is 15.0. The highest BCUT2D eigenvalue weighted by Gasteiger charge is 2.23. The number of anilines is 1. The first-order valence-electron chi connectivity index (χ1n) is 6.58. The maximum Gasteiger partial charge on any atom is 0.261 e. The van der Waals surface area contributed by atoms with Crippen LogP contribution in [0.3, 0.4) is 0 Å². The van der Waals surface area contributed by atoms with Crippen molar-refractivity contribution < 1.29 is 9.18 Å². The monoisotopic (exact) mass is 308 g/mol. The van der Waals surface area contributed by atoms with E-state index >= 15 is 0 Å². The average molecular weight is 309 g/mol. The molecule has 0 radical (unpaired) electrons. The maximum atomic E-state index is 13.8. The van der Waals surface area contributed by atoms with Crippen LogP contribution in [0.5, 0.6) is 0 Å². The molecule has 1 aromatic heterocycles. The minimum Gasteiger partial charge on any atom is -0.312 e. The number of nitrogens with zero attached hydrogens (tertiary/aromatic N) is 2. The molecule has 0 atom stereocenters. The zero-order valence-electron chi connectivity index (χ0n) is 11.4. The average Bonchev–Trinajstić information content (AvgIpc) is 2.75. The van der Waals surface area contributed by atoms with Gasteiger partial charge < -0.3 is 10.6 Å². The van der Waals surface area contributed by atoms with Crippen LogP contribution in [0.2, 0.25) is 5.02 Å². The summed E-state index contributed by atoms with van der Waals surface area (Å²) in [7, 11) is 1.75. The predicted molar refractivity (Wildman–Crippen MR) is 78.0 cm³/mol. The lowest BCUT2D eigenvalue weighted by atomic mass is 10.1. The van der Waals surface area contributed by atoms with Crippen LogP contribution in [0, 0.1) is 5.82 Å². The van der Waals surface area contributed by atoms with Gasteiger partial charge in [0.2, 0.25) is 0 Å². The van der Waals surface area contributed by atoms with Crippen molar-refractivity contribution in [3.8, 4) is 0 Å².